The highest BCUT2D eigenvalue weighted by Gasteiger charge is 2.00. The number of nitrogens with zero attached hydrogens (tertiary/aromatic N) is 1. The summed E-state index contributed by atoms with van der Waals surface area (Å²) in [6.07, 6.45) is 0. The molecule has 0 amide bonds. The summed E-state index contributed by atoms with van der Waals surface area (Å²) in [7, 11) is 0. The molecule has 5 heteroatoms. The smallest absolute Gasteiger partial charge is 0.186 e. The number of hydrogen-bond donors (Lipinski definition) is 3. The van der Waals surface area contributed by atoms with Gasteiger partial charge in [0.1, 0.15) is 0 Å². The van der Waals surface area contributed by atoms with Gasteiger partial charge in [-0.2, -0.15) is 0 Å². The van der Waals surface area contributed by atoms with Crippen LogP contribution in [0.5, 0.6) is 0 Å². The van der Waals surface area contributed by atoms with Crippen molar-refractivity contribution in [2.45, 2.75) is 6.54 Å². The van der Waals surface area contributed by atoms with Crippen molar-refractivity contribution >= 4 is 32.8 Å². The molecule has 1 aromatic carbocycles. The van der Waals surface area contributed by atoms with Gasteiger partial charge in [0.15, 0.2) is 5.96 Å². The van der Waals surface area contributed by atoms with E-state index in [-0.39, 0.29) is 5.96 Å². The third kappa shape index (κ3) is 2.30. The SMILES string of the molecule is NC(N)=NCc1cc2cc(Br)ccc2[nH]1. The molecular weight excluding hydrogens is 256 g/mol. The van der Waals surface area contributed by atoms with Crippen LogP contribution in [0.15, 0.2) is 33.7 Å². The second kappa shape index (κ2) is 3.94. The van der Waals surface area contributed by atoms with Crippen LogP contribution in [-0.4, -0.2) is 10.9 Å². The highest BCUT2D eigenvalue weighted by atomic mass is 79.9. The Hall–Kier alpha value is -1.49. The van der Waals surface area contributed by atoms with Crippen molar-refractivity contribution in [1.82, 2.24) is 4.98 Å². The average molecular weight is 267 g/mol. The largest absolute Gasteiger partial charge is 0.370 e. The Morgan fingerprint density at radius 3 is 2.87 bits per heavy atom. The molecule has 4 nitrogen and oxygen atoms in total. The van der Waals surface area contributed by atoms with Crippen molar-refractivity contribution in [3.05, 3.63) is 34.4 Å². The van der Waals surface area contributed by atoms with Gasteiger partial charge in [0.2, 0.25) is 0 Å². The lowest BCUT2D eigenvalue weighted by molar-refractivity contribution is 1.01. The fourth-order valence-corrected chi connectivity index (χ4v) is 1.80. The lowest BCUT2D eigenvalue weighted by atomic mass is 10.2. The number of aromatic amines is 1. The summed E-state index contributed by atoms with van der Waals surface area (Å²) < 4.78 is 1.06. The Balaban J connectivity index is 2.35. The van der Waals surface area contributed by atoms with Crippen molar-refractivity contribution in [3.63, 3.8) is 0 Å². The number of benzene rings is 1. The summed E-state index contributed by atoms with van der Waals surface area (Å²) >= 11 is 3.42. The molecule has 15 heavy (non-hydrogen) atoms. The van der Waals surface area contributed by atoms with Gasteiger partial charge in [-0.1, -0.05) is 15.9 Å². The standard InChI is InChI=1S/C10H11BrN4/c11-7-1-2-9-6(3-7)4-8(15-9)5-14-10(12)13/h1-4,15H,5H2,(H4,12,13,14). The number of halogens is 1. The maximum absolute atomic E-state index is 5.26. The first-order chi connectivity index (χ1) is 7.15. The molecule has 0 bridgehead atoms. The molecule has 0 saturated carbocycles. The van der Waals surface area contributed by atoms with E-state index in [0.717, 1.165) is 21.1 Å². The summed E-state index contributed by atoms with van der Waals surface area (Å²) in [6.45, 7) is 0.481. The first kappa shape index (κ1) is 10.0. The minimum absolute atomic E-state index is 0.106. The van der Waals surface area contributed by atoms with Crippen LogP contribution in [-0.2, 0) is 6.54 Å². The molecule has 2 aromatic rings. The maximum Gasteiger partial charge on any atom is 0.186 e. The normalized spacial score (nSPS) is 10.5. The molecule has 1 heterocycles. The molecule has 0 fully saturated rings. The van der Waals surface area contributed by atoms with Gasteiger partial charge in [0.25, 0.3) is 0 Å². The Labute approximate surface area is 95.5 Å². The monoisotopic (exact) mass is 266 g/mol. The van der Waals surface area contributed by atoms with E-state index < -0.39 is 0 Å². The maximum atomic E-state index is 5.26. The van der Waals surface area contributed by atoms with Crippen molar-refractivity contribution in [1.29, 1.82) is 0 Å². The molecule has 0 saturated heterocycles. The van der Waals surface area contributed by atoms with Crippen LogP contribution < -0.4 is 11.5 Å². The van der Waals surface area contributed by atoms with E-state index in [0.29, 0.717) is 6.54 Å². The van der Waals surface area contributed by atoms with Crippen molar-refractivity contribution in [2.24, 2.45) is 16.5 Å². The summed E-state index contributed by atoms with van der Waals surface area (Å²) in [5, 5.41) is 1.14. The molecule has 5 N–H and O–H groups in total. The molecule has 78 valence electrons. The van der Waals surface area contributed by atoms with Crippen LogP contribution >= 0.6 is 15.9 Å². The van der Waals surface area contributed by atoms with Gasteiger partial charge in [-0.05, 0) is 24.3 Å². The highest BCUT2D eigenvalue weighted by molar-refractivity contribution is 9.10. The number of guanidine groups is 1. The number of aromatic nitrogens is 1. The third-order valence-electron chi connectivity index (χ3n) is 2.07. The van der Waals surface area contributed by atoms with Crippen LogP contribution in [0.2, 0.25) is 0 Å². The van der Waals surface area contributed by atoms with E-state index in [9.17, 15) is 0 Å². The molecule has 0 aliphatic rings. The Morgan fingerprint density at radius 1 is 1.33 bits per heavy atom. The summed E-state index contributed by atoms with van der Waals surface area (Å²) in [6, 6.07) is 8.08. The van der Waals surface area contributed by atoms with Gasteiger partial charge in [0, 0.05) is 21.1 Å². The van der Waals surface area contributed by atoms with E-state index in [1.54, 1.807) is 0 Å². The van der Waals surface area contributed by atoms with Gasteiger partial charge in [-0.25, -0.2) is 4.99 Å². The zero-order chi connectivity index (χ0) is 10.8. The molecule has 0 spiro atoms. The Morgan fingerprint density at radius 2 is 2.13 bits per heavy atom. The van der Waals surface area contributed by atoms with E-state index in [4.69, 9.17) is 11.5 Å². The molecule has 0 aliphatic carbocycles. The fourth-order valence-electron chi connectivity index (χ4n) is 1.43. The lowest BCUT2D eigenvalue weighted by Crippen LogP contribution is -2.22. The molecule has 0 aliphatic heterocycles. The van der Waals surface area contributed by atoms with E-state index in [1.807, 2.05) is 24.3 Å². The second-order valence-electron chi connectivity index (χ2n) is 3.27. The van der Waals surface area contributed by atoms with Crippen LogP contribution in [0.3, 0.4) is 0 Å². The number of nitrogens with one attached hydrogen (secondary N) is 1. The number of fused-ring (bicyclic) bond motifs is 1. The van der Waals surface area contributed by atoms with Crippen LogP contribution in [0, 0.1) is 0 Å². The number of nitrogens with two attached hydrogens (primary N) is 2. The third-order valence-corrected chi connectivity index (χ3v) is 2.56. The zero-order valence-electron chi connectivity index (χ0n) is 8.00. The number of H-pyrrole nitrogens is 1. The lowest BCUT2D eigenvalue weighted by Gasteiger charge is -1.91. The van der Waals surface area contributed by atoms with E-state index >= 15 is 0 Å². The van der Waals surface area contributed by atoms with E-state index in [2.05, 4.69) is 25.9 Å². The van der Waals surface area contributed by atoms with Crippen LogP contribution in [0.1, 0.15) is 5.69 Å². The van der Waals surface area contributed by atoms with Gasteiger partial charge in [-0.15, -0.1) is 0 Å². The molecule has 1 aromatic heterocycles. The predicted molar refractivity (Wildman–Crippen MR) is 65.5 cm³/mol. The quantitative estimate of drug-likeness (QED) is 0.572. The highest BCUT2D eigenvalue weighted by Crippen LogP contribution is 2.20. The first-order valence-electron chi connectivity index (χ1n) is 4.48. The predicted octanol–water partition coefficient (Wildman–Crippen LogP) is 1.70. The Kier molecular flexibility index (Phi) is 2.64. The Bertz CT molecular complexity index is 511. The summed E-state index contributed by atoms with van der Waals surface area (Å²) in [4.78, 5) is 7.18. The minimum Gasteiger partial charge on any atom is -0.370 e. The minimum atomic E-state index is 0.106. The molecule has 0 radical (unpaired) electrons. The molecule has 2 rings (SSSR count). The van der Waals surface area contributed by atoms with Gasteiger partial charge >= 0.3 is 0 Å². The average Bonchev–Trinajstić information content (AvgIpc) is 2.56. The van der Waals surface area contributed by atoms with Crippen molar-refractivity contribution in [2.75, 3.05) is 0 Å². The van der Waals surface area contributed by atoms with E-state index in [1.165, 1.54) is 0 Å². The summed E-state index contributed by atoms with van der Waals surface area (Å²) in [5.74, 6) is 0.106. The zero-order valence-corrected chi connectivity index (χ0v) is 9.58. The fraction of sp³-hybridized carbons (Fsp3) is 0.100. The second-order valence-corrected chi connectivity index (χ2v) is 4.18. The molecule has 0 unspecified atom stereocenters. The number of hydrogen-bond acceptors (Lipinski definition) is 1. The van der Waals surface area contributed by atoms with Crippen LogP contribution in [0.4, 0.5) is 0 Å². The first-order valence-corrected chi connectivity index (χ1v) is 5.27. The van der Waals surface area contributed by atoms with Gasteiger partial charge in [0.05, 0.1) is 6.54 Å². The topological polar surface area (TPSA) is 80.2 Å². The van der Waals surface area contributed by atoms with Crippen molar-refractivity contribution < 1.29 is 0 Å². The van der Waals surface area contributed by atoms with Crippen LogP contribution in [0.25, 0.3) is 10.9 Å². The van der Waals surface area contributed by atoms with Crippen molar-refractivity contribution in [3.8, 4) is 0 Å². The molecule has 0 atom stereocenters. The molecular formula is C10H11BrN4. The number of aliphatic imine (C=N–C) groups is 1. The van der Waals surface area contributed by atoms with Gasteiger partial charge < -0.3 is 16.5 Å². The van der Waals surface area contributed by atoms with Gasteiger partial charge in [-0.3, -0.25) is 0 Å². The number of rotatable bonds is 2. The summed E-state index contributed by atoms with van der Waals surface area (Å²) in [5.41, 5.74) is 12.6.